The fourth-order valence-electron chi connectivity index (χ4n) is 3.53. The topological polar surface area (TPSA) is 38.3 Å². The van der Waals surface area contributed by atoms with Gasteiger partial charge in [-0.15, -0.1) is 11.8 Å². The molecule has 0 bridgehead atoms. The number of benzene rings is 2. The largest absolute Gasteiger partial charge is 0.381 e. The Hall–Kier alpha value is -1.30. The Morgan fingerprint density at radius 1 is 1.19 bits per heavy atom. The van der Waals surface area contributed by atoms with E-state index in [1.807, 2.05) is 6.07 Å². The number of hydrogen-bond acceptors (Lipinski definition) is 3. The number of nitrogens with one attached hydrogen (secondary N) is 1. The van der Waals surface area contributed by atoms with E-state index < -0.39 is 0 Å². The molecule has 1 fully saturated rings. The predicted octanol–water partition coefficient (Wildman–Crippen LogP) is 4.86. The summed E-state index contributed by atoms with van der Waals surface area (Å²) < 4.78 is 6.65. The molecule has 0 spiro atoms. The maximum atomic E-state index is 12.4. The molecule has 3 rings (SSSR count). The highest BCUT2D eigenvalue weighted by molar-refractivity contribution is 9.10. The first-order valence-corrected chi connectivity index (χ1v) is 11.3. The van der Waals surface area contributed by atoms with E-state index in [-0.39, 0.29) is 11.3 Å². The number of ether oxygens (including phenoxy) is 1. The van der Waals surface area contributed by atoms with Crippen molar-refractivity contribution in [2.24, 2.45) is 0 Å². The van der Waals surface area contributed by atoms with Gasteiger partial charge in [0, 0.05) is 35.4 Å². The van der Waals surface area contributed by atoms with Gasteiger partial charge >= 0.3 is 0 Å². The van der Waals surface area contributed by atoms with Crippen molar-refractivity contribution in [3.8, 4) is 0 Å². The lowest BCUT2D eigenvalue weighted by Gasteiger charge is -2.38. The molecule has 5 heteroatoms. The second-order valence-corrected chi connectivity index (χ2v) is 9.06. The number of thioether (sulfide) groups is 1. The molecule has 1 amide bonds. The van der Waals surface area contributed by atoms with Gasteiger partial charge in [0.1, 0.15) is 0 Å². The molecular formula is C22H26BrNO2S. The van der Waals surface area contributed by atoms with E-state index in [0.717, 1.165) is 36.3 Å². The zero-order chi connectivity index (χ0) is 19.1. The summed E-state index contributed by atoms with van der Waals surface area (Å²) in [6.07, 6.45) is 1.86. The molecule has 0 radical (unpaired) electrons. The summed E-state index contributed by atoms with van der Waals surface area (Å²) >= 11 is 5.24. The normalized spacial score (nSPS) is 16.1. The molecule has 0 atom stereocenters. The van der Waals surface area contributed by atoms with Gasteiger partial charge in [-0.1, -0.05) is 57.9 Å². The van der Waals surface area contributed by atoms with Crippen LogP contribution < -0.4 is 5.32 Å². The molecule has 3 nitrogen and oxygen atoms in total. The highest BCUT2D eigenvalue weighted by atomic mass is 79.9. The molecule has 0 aromatic heterocycles. The van der Waals surface area contributed by atoms with Crippen molar-refractivity contribution in [3.05, 3.63) is 69.7 Å². The lowest BCUT2D eigenvalue weighted by molar-refractivity contribution is -0.119. The number of aryl methyl sites for hydroxylation is 1. The molecule has 1 aliphatic rings. The molecule has 0 saturated carbocycles. The standard InChI is InChI=1S/C22H26BrNO2S/c1-17-4-2-5-18(12-17)14-27-15-21(25)24-16-22(8-10-26-11-9-22)19-6-3-7-20(23)13-19/h2-7,12-13H,8-11,14-16H2,1H3,(H,24,25). The average Bonchev–Trinajstić information content (AvgIpc) is 2.67. The Labute approximate surface area is 174 Å². The second kappa shape index (κ2) is 9.76. The fraction of sp³-hybridized carbons (Fsp3) is 0.409. The minimum absolute atomic E-state index is 0.0428. The van der Waals surface area contributed by atoms with Crippen molar-refractivity contribution in [3.63, 3.8) is 0 Å². The number of carbonyl (C=O) groups excluding carboxylic acids is 1. The van der Waals surface area contributed by atoms with E-state index in [0.29, 0.717) is 12.3 Å². The monoisotopic (exact) mass is 447 g/mol. The minimum atomic E-state index is -0.0428. The van der Waals surface area contributed by atoms with Crippen LogP contribution in [0.3, 0.4) is 0 Å². The van der Waals surface area contributed by atoms with E-state index in [4.69, 9.17) is 4.74 Å². The second-order valence-electron chi connectivity index (χ2n) is 7.16. The summed E-state index contributed by atoms with van der Waals surface area (Å²) in [5, 5.41) is 3.18. The quantitative estimate of drug-likeness (QED) is 0.658. The zero-order valence-corrected chi connectivity index (χ0v) is 18.1. The lowest BCUT2D eigenvalue weighted by Crippen LogP contribution is -2.45. The third kappa shape index (κ3) is 5.84. The van der Waals surface area contributed by atoms with Crippen LogP contribution in [0.2, 0.25) is 0 Å². The van der Waals surface area contributed by atoms with Crippen molar-refractivity contribution in [2.75, 3.05) is 25.5 Å². The molecule has 27 heavy (non-hydrogen) atoms. The molecule has 0 aliphatic carbocycles. The summed E-state index contributed by atoms with van der Waals surface area (Å²) in [6, 6.07) is 16.9. The van der Waals surface area contributed by atoms with Crippen LogP contribution in [-0.4, -0.2) is 31.4 Å². The van der Waals surface area contributed by atoms with Gasteiger partial charge in [0.15, 0.2) is 0 Å². The summed E-state index contributed by atoms with van der Waals surface area (Å²) in [6.45, 7) is 4.24. The number of hydrogen-bond donors (Lipinski definition) is 1. The van der Waals surface area contributed by atoms with Gasteiger partial charge in [-0.25, -0.2) is 0 Å². The molecule has 1 heterocycles. The maximum absolute atomic E-state index is 12.4. The number of amides is 1. The van der Waals surface area contributed by atoms with Gasteiger partial charge in [-0.05, 0) is 43.0 Å². The van der Waals surface area contributed by atoms with Crippen LogP contribution in [-0.2, 0) is 20.7 Å². The van der Waals surface area contributed by atoms with Crippen molar-refractivity contribution in [1.29, 1.82) is 0 Å². The molecule has 1 aliphatic heterocycles. The molecule has 0 unspecified atom stereocenters. The van der Waals surface area contributed by atoms with Gasteiger partial charge < -0.3 is 10.1 Å². The van der Waals surface area contributed by atoms with E-state index >= 15 is 0 Å². The van der Waals surface area contributed by atoms with Gasteiger partial charge in [0.25, 0.3) is 0 Å². The molecular weight excluding hydrogens is 422 g/mol. The highest BCUT2D eigenvalue weighted by Gasteiger charge is 2.34. The summed E-state index contributed by atoms with van der Waals surface area (Å²) in [5.74, 6) is 1.45. The number of carbonyl (C=O) groups is 1. The Morgan fingerprint density at radius 2 is 1.96 bits per heavy atom. The van der Waals surface area contributed by atoms with Crippen LogP contribution in [0.4, 0.5) is 0 Å². The van der Waals surface area contributed by atoms with Crippen molar-refractivity contribution in [2.45, 2.75) is 30.9 Å². The van der Waals surface area contributed by atoms with Gasteiger partial charge in [-0.2, -0.15) is 0 Å². The fourth-order valence-corrected chi connectivity index (χ4v) is 4.73. The highest BCUT2D eigenvalue weighted by Crippen LogP contribution is 2.35. The molecule has 2 aromatic rings. The number of halogens is 1. The van der Waals surface area contributed by atoms with Crippen LogP contribution in [0.5, 0.6) is 0 Å². The Bertz CT molecular complexity index is 774. The zero-order valence-electron chi connectivity index (χ0n) is 15.7. The third-order valence-corrected chi connectivity index (χ3v) is 6.59. The van der Waals surface area contributed by atoms with E-state index in [1.54, 1.807) is 11.8 Å². The minimum Gasteiger partial charge on any atom is -0.381 e. The van der Waals surface area contributed by atoms with Crippen molar-refractivity contribution >= 4 is 33.6 Å². The van der Waals surface area contributed by atoms with Gasteiger partial charge in [0.2, 0.25) is 5.91 Å². The first kappa shape index (κ1) is 20.4. The predicted molar refractivity (Wildman–Crippen MR) is 116 cm³/mol. The number of rotatable bonds is 7. The van der Waals surface area contributed by atoms with Gasteiger partial charge in [0.05, 0.1) is 5.75 Å². The third-order valence-electron chi connectivity index (χ3n) is 5.10. The first-order chi connectivity index (χ1) is 13.1. The lowest BCUT2D eigenvalue weighted by atomic mass is 9.74. The first-order valence-electron chi connectivity index (χ1n) is 9.31. The molecule has 144 valence electrons. The van der Waals surface area contributed by atoms with Gasteiger partial charge in [-0.3, -0.25) is 4.79 Å². The smallest absolute Gasteiger partial charge is 0.230 e. The van der Waals surface area contributed by atoms with Crippen molar-refractivity contribution in [1.82, 2.24) is 5.32 Å². The van der Waals surface area contributed by atoms with Crippen molar-refractivity contribution < 1.29 is 9.53 Å². The maximum Gasteiger partial charge on any atom is 0.230 e. The summed E-state index contributed by atoms with van der Waals surface area (Å²) in [7, 11) is 0. The van der Waals surface area contributed by atoms with E-state index in [9.17, 15) is 4.79 Å². The Balaban J connectivity index is 1.54. The Morgan fingerprint density at radius 3 is 2.70 bits per heavy atom. The Kier molecular flexibility index (Phi) is 7.39. The average molecular weight is 448 g/mol. The summed E-state index contributed by atoms with van der Waals surface area (Å²) in [4.78, 5) is 12.4. The molecule has 1 N–H and O–H groups in total. The summed E-state index contributed by atoms with van der Waals surface area (Å²) in [5.41, 5.74) is 3.75. The van der Waals surface area contributed by atoms with Crippen LogP contribution >= 0.6 is 27.7 Å². The van der Waals surface area contributed by atoms with Crippen LogP contribution in [0.15, 0.2) is 53.0 Å². The van der Waals surface area contributed by atoms with E-state index in [2.05, 4.69) is 70.6 Å². The van der Waals surface area contributed by atoms with Crippen LogP contribution in [0.25, 0.3) is 0 Å². The molecule has 1 saturated heterocycles. The SMILES string of the molecule is Cc1cccc(CSCC(=O)NCC2(c3cccc(Br)c3)CCOCC2)c1. The molecule has 2 aromatic carbocycles. The van der Waals surface area contributed by atoms with Crippen LogP contribution in [0, 0.1) is 6.92 Å². The van der Waals surface area contributed by atoms with E-state index in [1.165, 1.54) is 16.7 Å². The van der Waals surface area contributed by atoms with Crippen LogP contribution in [0.1, 0.15) is 29.5 Å².